The summed E-state index contributed by atoms with van der Waals surface area (Å²) < 4.78 is 7.91. The van der Waals surface area contributed by atoms with Crippen molar-refractivity contribution < 1.29 is 19.4 Å². The third-order valence-electron chi connectivity index (χ3n) is 7.35. The summed E-state index contributed by atoms with van der Waals surface area (Å²) in [5, 5.41) is 9.27. The van der Waals surface area contributed by atoms with Gasteiger partial charge in [-0.05, 0) is 79.6 Å². The maximum Gasteiger partial charge on any atom is 0.335 e. The monoisotopic (exact) mass is 523 g/mol. The summed E-state index contributed by atoms with van der Waals surface area (Å²) in [4.78, 5) is 31.1. The molecule has 0 fully saturated rings. The first kappa shape index (κ1) is 26.2. The molecule has 4 aromatic rings. The van der Waals surface area contributed by atoms with Crippen molar-refractivity contribution >= 4 is 17.6 Å². The summed E-state index contributed by atoms with van der Waals surface area (Å²) in [6, 6.07) is 19.0. The quantitative estimate of drug-likeness (QED) is 0.270. The van der Waals surface area contributed by atoms with Crippen LogP contribution in [0.3, 0.4) is 0 Å². The molecule has 3 aromatic carbocycles. The molecule has 0 radical (unpaired) electrons. The molecule has 0 spiro atoms. The van der Waals surface area contributed by atoms with Gasteiger partial charge < -0.3 is 19.3 Å². The van der Waals surface area contributed by atoms with Crippen LogP contribution in [0.5, 0.6) is 5.75 Å². The van der Waals surface area contributed by atoms with E-state index in [1.807, 2.05) is 46.0 Å². The summed E-state index contributed by atoms with van der Waals surface area (Å²) in [5.74, 6) is 0.0537. The van der Waals surface area contributed by atoms with E-state index in [0.29, 0.717) is 32.5 Å². The Labute approximate surface area is 228 Å². The molecule has 0 aliphatic carbocycles. The predicted octanol–water partition coefficient (Wildman–Crippen LogP) is 6.05. The van der Waals surface area contributed by atoms with Crippen molar-refractivity contribution in [2.75, 3.05) is 18.1 Å². The first-order valence-electron chi connectivity index (χ1n) is 13.4. The van der Waals surface area contributed by atoms with Crippen molar-refractivity contribution in [2.24, 2.45) is 0 Å². The number of nitrogens with zero attached hydrogens (tertiary/aromatic N) is 3. The Morgan fingerprint density at radius 3 is 2.72 bits per heavy atom. The average Bonchev–Trinajstić information content (AvgIpc) is 3.40. The van der Waals surface area contributed by atoms with Gasteiger partial charge in [0.05, 0.1) is 24.2 Å². The molecule has 7 nitrogen and oxygen atoms in total. The summed E-state index contributed by atoms with van der Waals surface area (Å²) >= 11 is 0. The van der Waals surface area contributed by atoms with Crippen LogP contribution in [-0.4, -0.2) is 39.7 Å². The van der Waals surface area contributed by atoms with Crippen LogP contribution in [0, 0.1) is 13.8 Å². The van der Waals surface area contributed by atoms with Gasteiger partial charge in [-0.25, -0.2) is 9.78 Å². The van der Waals surface area contributed by atoms with Crippen LogP contribution in [-0.2, 0) is 17.8 Å². The molecule has 7 heteroatoms. The summed E-state index contributed by atoms with van der Waals surface area (Å²) in [6.45, 7) is 5.86. The van der Waals surface area contributed by atoms with Crippen LogP contribution in [0.15, 0.2) is 73.2 Å². The Morgan fingerprint density at radius 2 is 1.87 bits per heavy atom. The SMILES string of the molecule is Cc1cccc(OCCCC(=O)N2CCCc3c(-c4cn(Cc5cccc(C(=O)O)c5)cn4)cccc32)c1C. The van der Waals surface area contributed by atoms with E-state index >= 15 is 0 Å². The first-order valence-corrected chi connectivity index (χ1v) is 13.4. The molecule has 0 bridgehead atoms. The van der Waals surface area contributed by atoms with E-state index < -0.39 is 5.97 Å². The molecule has 2 heterocycles. The molecule has 1 amide bonds. The number of hydrogen-bond donors (Lipinski definition) is 1. The number of carbonyl (C=O) groups is 2. The fourth-order valence-corrected chi connectivity index (χ4v) is 5.14. The number of aryl methyl sites for hydroxylation is 1. The lowest BCUT2D eigenvalue weighted by molar-refractivity contribution is -0.118. The first-order chi connectivity index (χ1) is 18.9. The minimum atomic E-state index is -0.938. The van der Waals surface area contributed by atoms with Gasteiger partial charge in [0.15, 0.2) is 0 Å². The van der Waals surface area contributed by atoms with E-state index in [2.05, 4.69) is 31.0 Å². The van der Waals surface area contributed by atoms with Gasteiger partial charge in [-0.2, -0.15) is 0 Å². The Balaban J connectivity index is 1.26. The number of hydrogen-bond acceptors (Lipinski definition) is 4. The normalized spacial score (nSPS) is 12.7. The van der Waals surface area contributed by atoms with Gasteiger partial charge in [0, 0.05) is 37.0 Å². The smallest absolute Gasteiger partial charge is 0.335 e. The molecule has 0 unspecified atom stereocenters. The summed E-state index contributed by atoms with van der Waals surface area (Å²) in [6.07, 6.45) is 6.62. The van der Waals surface area contributed by atoms with Gasteiger partial charge in [0.25, 0.3) is 0 Å². The lowest BCUT2D eigenvalue weighted by Crippen LogP contribution is -2.35. The van der Waals surface area contributed by atoms with Gasteiger partial charge in [0.2, 0.25) is 5.91 Å². The number of rotatable bonds is 9. The molecule has 1 aliphatic rings. The Morgan fingerprint density at radius 1 is 1.05 bits per heavy atom. The fourth-order valence-electron chi connectivity index (χ4n) is 5.14. The second kappa shape index (κ2) is 11.6. The molecule has 200 valence electrons. The second-order valence-corrected chi connectivity index (χ2v) is 10.0. The highest BCUT2D eigenvalue weighted by atomic mass is 16.5. The van der Waals surface area contributed by atoms with Gasteiger partial charge in [-0.3, -0.25) is 4.79 Å². The van der Waals surface area contributed by atoms with E-state index in [9.17, 15) is 14.7 Å². The number of imidazole rings is 1. The molecule has 5 rings (SSSR count). The maximum absolute atomic E-state index is 13.2. The number of carbonyl (C=O) groups excluding carboxylic acids is 1. The van der Waals surface area contributed by atoms with Crippen LogP contribution in [0.25, 0.3) is 11.3 Å². The zero-order chi connectivity index (χ0) is 27.4. The van der Waals surface area contributed by atoms with Gasteiger partial charge in [-0.15, -0.1) is 0 Å². The molecule has 39 heavy (non-hydrogen) atoms. The number of carboxylic acids is 1. The van der Waals surface area contributed by atoms with Crippen molar-refractivity contribution in [2.45, 2.75) is 46.1 Å². The molecule has 1 aromatic heterocycles. The number of benzene rings is 3. The van der Waals surface area contributed by atoms with Crippen molar-refractivity contribution in [1.82, 2.24) is 9.55 Å². The molecule has 1 N–H and O–H groups in total. The Kier molecular flexibility index (Phi) is 7.77. The number of amides is 1. The average molecular weight is 524 g/mol. The van der Waals surface area contributed by atoms with Crippen molar-refractivity contribution in [3.05, 3.63) is 101 Å². The Hall–Kier alpha value is -4.39. The minimum absolute atomic E-state index is 0.113. The lowest BCUT2D eigenvalue weighted by Gasteiger charge is -2.31. The predicted molar refractivity (Wildman–Crippen MR) is 151 cm³/mol. The summed E-state index contributed by atoms with van der Waals surface area (Å²) in [7, 11) is 0. The molecule has 0 saturated carbocycles. The van der Waals surface area contributed by atoms with Crippen molar-refractivity contribution in [1.29, 1.82) is 0 Å². The number of aromatic nitrogens is 2. The number of carboxylic acid groups (broad SMARTS) is 1. The fraction of sp³-hybridized carbons (Fsp3) is 0.281. The Bertz CT molecular complexity index is 1510. The zero-order valence-corrected chi connectivity index (χ0v) is 22.4. The number of fused-ring (bicyclic) bond motifs is 1. The highest BCUT2D eigenvalue weighted by Crippen LogP contribution is 2.35. The molecule has 1 aliphatic heterocycles. The largest absolute Gasteiger partial charge is 0.493 e. The van der Waals surface area contributed by atoms with E-state index in [0.717, 1.165) is 52.2 Å². The third kappa shape index (κ3) is 5.87. The highest BCUT2D eigenvalue weighted by Gasteiger charge is 2.25. The van der Waals surface area contributed by atoms with Gasteiger partial charge >= 0.3 is 5.97 Å². The van der Waals surface area contributed by atoms with Gasteiger partial charge in [-0.1, -0.05) is 36.4 Å². The standard InChI is InChI=1S/C32H33N3O4/c1-22-8-3-14-30(23(22)2)39-17-7-15-31(36)35-16-6-12-27-26(11-5-13-29(27)35)28-20-34(21-33-28)19-24-9-4-10-25(18-24)32(37)38/h3-5,8-11,13-14,18,20-21H,6-7,12,15-17,19H2,1-2H3,(H,37,38). The van der Waals surface area contributed by atoms with Crippen LogP contribution in [0.4, 0.5) is 5.69 Å². The van der Waals surface area contributed by atoms with Crippen LogP contribution in [0.2, 0.25) is 0 Å². The van der Waals surface area contributed by atoms with E-state index in [-0.39, 0.29) is 11.5 Å². The molecular formula is C32H33N3O4. The number of anilines is 1. The minimum Gasteiger partial charge on any atom is -0.493 e. The number of ether oxygens (including phenoxy) is 1. The zero-order valence-electron chi connectivity index (χ0n) is 22.4. The van der Waals surface area contributed by atoms with E-state index in [1.165, 1.54) is 5.56 Å². The van der Waals surface area contributed by atoms with Gasteiger partial charge in [0.1, 0.15) is 5.75 Å². The summed E-state index contributed by atoms with van der Waals surface area (Å²) in [5.41, 5.74) is 7.47. The van der Waals surface area contributed by atoms with Crippen molar-refractivity contribution in [3.8, 4) is 17.0 Å². The van der Waals surface area contributed by atoms with Crippen LogP contribution in [0.1, 0.15) is 51.9 Å². The third-order valence-corrected chi connectivity index (χ3v) is 7.35. The molecular weight excluding hydrogens is 490 g/mol. The maximum atomic E-state index is 13.2. The highest BCUT2D eigenvalue weighted by molar-refractivity contribution is 5.95. The van der Waals surface area contributed by atoms with Crippen LogP contribution < -0.4 is 9.64 Å². The molecule has 0 saturated heterocycles. The topological polar surface area (TPSA) is 84.7 Å². The number of aromatic carboxylic acids is 1. The lowest BCUT2D eigenvalue weighted by atomic mass is 9.94. The molecule has 0 atom stereocenters. The van der Waals surface area contributed by atoms with Crippen molar-refractivity contribution in [3.63, 3.8) is 0 Å². The second-order valence-electron chi connectivity index (χ2n) is 10.0. The van der Waals surface area contributed by atoms with Crippen LogP contribution >= 0.6 is 0 Å². The van der Waals surface area contributed by atoms with E-state index in [4.69, 9.17) is 4.74 Å². The van der Waals surface area contributed by atoms with E-state index in [1.54, 1.807) is 24.5 Å².